The number of nitrogens with zero attached hydrogens (tertiary/aromatic N) is 3. The predicted molar refractivity (Wildman–Crippen MR) is 115 cm³/mol. The highest BCUT2D eigenvalue weighted by molar-refractivity contribution is 8.00. The molecule has 0 aliphatic heterocycles. The van der Waals surface area contributed by atoms with Crippen LogP contribution in [0.25, 0.3) is 16.5 Å². The van der Waals surface area contributed by atoms with Crippen LogP contribution in [0.5, 0.6) is 5.75 Å². The van der Waals surface area contributed by atoms with E-state index in [0.717, 1.165) is 39.5 Å². The van der Waals surface area contributed by atoms with Gasteiger partial charge >= 0.3 is 0 Å². The van der Waals surface area contributed by atoms with Crippen molar-refractivity contribution in [1.29, 1.82) is 0 Å². The van der Waals surface area contributed by atoms with Gasteiger partial charge in [0.05, 0.1) is 5.97 Å². The van der Waals surface area contributed by atoms with Crippen molar-refractivity contribution in [3.63, 3.8) is 0 Å². The summed E-state index contributed by atoms with van der Waals surface area (Å²) in [6, 6.07) is 21.8. The Balaban J connectivity index is 1.67. The number of aryl methyl sites for hydroxylation is 1. The van der Waals surface area contributed by atoms with Crippen LogP contribution in [0.3, 0.4) is 0 Å². The predicted octanol–water partition coefficient (Wildman–Crippen LogP) is 3.54. The highest BCUT2D eigenvalue weighted by atomic mass is 32.2. The summed E-state index contributed by atoms with van der Waals surface area (Å²) < 4.78 is 7.92. The minimum Gasteiger partial charge on any atom is -0.549 e. The summed E-state index contributed by atoms with van der Waals surface area (Å²) >= 11 is 1.09. The number of carboxylic acids is 1. The highest BCUT2D eigenvalue weighted by Gasteiger charge is 2.18. The van der Waals surface area contributed by atoms with Gasteiger partial charge in [0.1, 0.15) is 12.4 Å². The molecule has 4 aromatic rings. The van der Waals surface area contributed by atoms with Crippen LogP contribution in [0, 0.1) is 6.92 Å². The molecule has 0 spiro atoms. The van der Waals surface area contributed by atoms with Crippen molar-refractivity contribution in [2.75, 3.05) is 0 Å². The molecule has 0 aliphatic rings. The van der Waals surface area contributed by atoms with E-state index in [9.17, 15) is 9.90 Å². The summed E-state index contributed by atoms with van der Waals surface area (Å²) in [7, 11) is 0. The Morgan fingerprint density at radius 3 is 2.57 bits per heavy atom. The summed E-state index contributed by atoms with van der Waals surface area (Å²) in [5.74, 6) is 0.190. The molecule has 0 saturated heterocycles. The number of thioether (sulfide) groups is 1. The van der Waals surface area contributed by atoms with Crippen molar-refractivity contribution >= 4 is 28.5 Å². The highest BCUT2D eigenvalue weighted by Crippen LogP contribution is 2.28. The molecule has 6 nitrogen and oxygen atoms in total. The molecule has 0 unspecified atom stereocenters. The van der Waals surface area contributed by atoms with Gasteiger partial charge in [-0.25, -0.2) is 0 Å². The van der Waals surface area contributed by atoms with Crippen LogP contribution in [-0.4, -0.2) is 26.0 Å². The molecule has 30 heavy (non-hydrogen) atoms. The number of aromatic nitrogens is 3. The number of carbonyl (C=O) groups is 1. The zero-order chi connectivity index (χ0) is 21.1. The minimum atomic E-state index is -1.15. The van der Waals surface area contributed by atoms with Gasteiger partial charge in [-0.3, -0.25) is 4.57 Å². The second-order valence-electron chi connectivity index (χ2n) is 6.91. The SMILES string of the molecule is Cc1ccc(-n2c(COc3cccc4ccccc34)nnc2S[C@H](C)C(=O)[O-])cc1. The molecular formula is C23H20N3O3S-. The molecule has 3 aromatic carbocycles. The third-order valence-electron chi connectivity index (χ3n) is 4.71. The van der Waals surface area contributed by atoms with E-state index in [1.165, 1.54) is 0 Å². The van der Waals surface area contributed by atoms with E-state index in [-0.39, 0.29) is 6.61 Å². The quantitative estimate of drug-likeness (QED) is 0.427. The fraction of sp³-hybridized carbons (Fsp3) is 0.174. The molecular weight excluding hydrogens is 398 g/mol. The zero-order valence-electron chi connectivity index (χ0n) is 16.6. The summed E-state index contributed by atoms with van der Waals surface area (Å²) in [5, 5.41) is 21.5. The number of carbonyl (C=O) groups excluding carboxylic acids is 1. The molecule has 4 rings (SSSR count). The number of hydrogen-bond acceptors (Lipinski definition) is 6. The third kappa shape index (κ3) is 4.16. The molecule has 1 heterocycles. The van der Waals surface area contributed by atoms with Gasteiger partial charge in [0.15, 0.2) is 11.0 Å². The average molecular weight is 418 g/mol. The number of ether oxygens (including phenoxy) is 1. The Labute approximate surface area is 178 Å². The van der Waals surface area contributed by atoms with E-state index in [4.69, 9.17) is 4.74 Å². The lowest BCUT2D eigenvalue weighted by Crippen LogP contribution is -2.31. The molecule has 0 fully saturated rings. The normalized spacial score (nSPS) is 12.1. The van der Waals surface area contributed by atoms with Crippen molar-refractivity contribution in [3.05, 3.63) is 78.1 Å². The van der Waals surface area contributed by atoms with E-state index >= 15 is 0 Å². The van der Waals surface area contributed by atoms with Gasteiger partial charge in [0, 0.05) is 16.3 Å². The largest absolute Gasteiger partial charge is 0.549 e. The lowest BCUT2D eigenvalue weighted by Gasteiger charge is -2.15. The van der Waals surface area contributed by atoms with E-state index in [0.29, 0.717) is 11.0 Å². The minimum absolute atomic E-state index is 0.190. The molecule has 0 bridgehead atoms. The first-order valence-electron chi connectivity index (χ1n) is 9.52. The molecule has 1 aromatic heterocycles. The van der Waals surface area contributed by atoms with Gasteiger partial charge in [0.2, 0.25) is 0 Å². The number of aliphatic carboxylic acids is 1. The lowest BCUT2D eigenvalue weighted by molar-refractivity contribution is -0.304. The summed E-state index contributed by atoms with van der Waals surface area (Å²) in [4.78, 5) is 11.2. The lowest BCUT2D eigenvalue weighted by atomic mass is 10.1. The smallest absolute Gasteiger partial charge is 0.196 e. The first-order valence-corrected chi connectivity index (χ1v) is 10.4. The van der Waals surface area contributed by atoms with Gasteiger partial charge in [-0.15, -0.1) is 10.2 Å². The van der Waals surface area contributed by atoms with E-state index in [1.54, 1.807) is 6.92 Å². The Hall–Kier alpha value is -3.32. The van der Waals surface area contributed by atoms with E-state index < -0.39 is 11.2 Å². The van der Waals surface area contributed by atoms with Crippen molar-refractivity contribution in [2.24, 2.45) is 0 Å². The molecule has 0 saturated carbocycles. The van der Waals surface area contributed by atoms with Gasteiger partial charge in [-0.05, 0) is 37.4 Å². The number of rotatable bonds is 7. The first-order chi connectivity index (χ1) is 14.5. The Morgan fingerprint density at radius 1 is 1.07 bits per heavy atom. The zero-order valence-corrected chi connectivity index (χ0v) is 17.4. The fourth-order valence-electron chi connectivity index (χ4n) is 3.09. The van der Waals surface area contributed by atoms with Gasteiger partial charge < -0.3 is 14.6 Å². The standard InChI is InChI=1S/C23H21N3O3S/c1-15-10-12-18(13-11-15)26-21(24-25-23(26)30-16(2)22(27)28)14-29-20-9-5-7-17-6-3-4-8-19(17)20/h3-13,16H,14H2,1-2H3,(H,27,28)/p-1/t16-/m1/s1. The van der Waals surface area contributed by atoms with Crippen molar-refractivity contribution in [3.8, 4) is 11.4 Å². The van der Waals surface area contributed by atoms with Crippen LogP contribution in [0.2, 0.25) is 0 Å². The third-order valence-corrected chi connectivity index (χ3v) is 5.73. The topological polar surface area (TPSA) is 80.1 Å². The monoisotopic (exact) mass is 418 g/mol. The maximum absolute atomic E-state index is 11.2. The Kier molecular flexibility index (Phi) is 5.72. The molecule has 0 radical (unpaired) electrons. The average Bonchev–Trinajstić information content (AvgIpc) is 3.15. The van der Waals surface area contributed by atoms with Crippen LogP contribution < -0.4 is 9.84 Å². The van der Waals surface area contributed by atoms with Crippen LogP contribution in [0.4, 0.5) is 0 Å². The van der Waals surface area contributed by atoms with Crippen LogP contribution in [-0.2, 0) is 11.4 Å². The van der Waals surface area contributed by atoms with Gasteiger partial charge in [-0.1, -0.05) is 65.9 Å². The van der Waals surface area contributed by atoms with Gasteiger partial charge in [0.25, 0.3) is 0 Å². The summed E-state index contributed by atoms with van der Waals surface area (Å²) in [6.45, 7) is 3.77. The van der Waals surface area contributed by atoms with Crippen LogP contribution in [0.15, 0.2) is 71.9 Å². The molecule has 0 aliphatic carbocycles. The molecule has 0 N–H and O–H groups in total. The summed E-state index contributed by atoms with van der Waals surface area (Å²) in [6.07, 6.45) is 0. The van der Waals surface area contributed by atoms with E-state index in [2.05, 4.69) is 10.2 Å². The molecule has 1 atom stereocenters. The first kappa shape index (κ1) is 20.0. The molecule has 0 amide bonds. The molecule has 152 valence electrons. The van der Waals surface area contributed by atoms with Crippen LogP contribution in [0.1, 0.15) is 18.3 Å². The Bertz CT molecular complexity index is 1180. The second kappa shape index (κ2) is 8.59. The maximum Gasteiger partial charge on any atom is 0.196 e. The van der Waals surface area contributed by atoms with Crippen molar-refractivity contribution < 1.29 is 14.6 Å². The van der Waals surface area contributed by atoms with Crippen molar-refractivity contribution in [1.82, 2.24) is 14.8 Å². The number of fused-ring (bicyclic) bond motifs is 1. The number of hydrogen-bond donors (Lipinski definition) is 0. The van der Waals surface area contributed by atoms with Crippen molar-refractivity contribution in [2.45, 2.75) is 30.9 Å². The second-order valence-corrected chi connectivity index (χ2v) is 8.22. The van der Waals surface area contributed by atoms with Gasteiger partial charge in [-0.2, -0.15) is 0 Å². The maximum atomic E-state index is 11.2. The Morgan fingerprint density at radius 2 is 1.80 bits per heavy atom. The number of carboxylic acid groups (broad SMARTS) is 1. The fourth-order valence-corrected chi connectivity index (χ4v) is 3.91. The molecule has 7 heteroatoms. The van der Waals surface area contributed by atoms with Crippen LogP contribution >= 0.6 is 11.8 Å². The van der Waals surface area contributed by atoms with E-state index in [1.807, 2.05) is 78.2 Å². The number of benzene rings is 3. The summed E-state index contributed by atoms with van der Waals surface area (Å²) in [5.41, 5.74) is 1.97.